The second kappa shape index (κ2) is 5.48. The molecule has 0 bridgehead atoms. The minimum atomic E-state index is -0.346. The summed E-state index contributed by atoms with van der Waals surface area (Å²) >= 11 is 3.50. The zero-order valence-electron chi connectivity index (χ0n) is 11.6. The Morgan fingerprint density at radius 1 is 1.29 bits per heavy atom. The SMILES string of the molecule is Cc1cc(NC2CCc3cc(Br)ccc32)ccc1[N+](=O)[O-]. The first-order chi connectivity index (χ1) is 10.0. The zero-order chi connectivity index (χ0) is 15.0. The summed E-state index contributed by atoms with van der Waals surface area (Å²) in [6.07, 6.45) is 2.10. The molecule has 1 unspecified atom stereocenters. The Balaban J connectivity index is 1.83. The van der Waals surface area contributed by atoms with Crippen LogP contribution in [0.4, 0.5) is 11.4 Å². The molecule has 21 heavy (non-hydrogen) atoms. The maximum atomic E-state index is 10.9. The number of rotatable bonds is 3. The highest BCUT2D eigenvalue weighted by Crippen LogP contribution is 2.36. The lowest BCUT2D eigenvalue weighted by Gasteiger charge is -2.16. The van der Waals surface area contributed by atoms with Gasteiger partial charge in [0.15, 0.2) is 0 Å². The minimum absolute atomic E-state index is 0.163. The van der Waals surface area contributed by atoms with Crippen LogP contribution < -0.4 is 5.32 Å². The number of hydrogen-bond donors (Lipinski definition) is 1. The van der Waals surface area contributed by atoms with E-state index < -0.39 is 0 Å². The van der Waals surface area contributed by atoms with E-state index in [0.29, 0.717) is 5.56 Å². The van der Waals surface area contributed by atoms with Crippen LogP contribution in [0.3, 0.4) is 0 Å². The predicted octanol–water partition coefficient (Wildman–Crippen LogP) is 4.77. The molecule has 0 saturated heterocycles. The van der Waals surface area contributed by atoms with Crippen LogP contribution in [0.15, 0.2) is 40.9 Å². The monoisotopic (exact) mass is 346 g/mol. The number of benzene rings is 2. The Morgan fingerprint density at radius 2 is 2.10 bits per heavy atom. The lowest BCUT2D eigenvalue weighted by molar-refractivity contribution is -0.385. The molecule has 0 spiro atoms. The van der Waals surface area contributed by atoms with Gasteiger partial charge in [-0.2, -0.15) is 0 Å². The fraction of sp³-hybridized carbons (Fsp3) is 0.250. The van der Waals surface area contributed by atoms with Gasteiger partial charge in [0.2, 0.25) is 0 Å². The Kier molecular flexibility index (Phi) is 3.68. The summed E-state index contributed by atoms with van der Waals surface area (Å²) < 4.78 is 1.10. The van der Waals surface area contributed by atoms with E-state index in [4.69, 9.17) is 0 Å². The number of fused-ring (bicyclic) bond motifs is 1. The van der Waals surface area contributed by atoms with Crippen molar-refractivity contribution in [3.8, 4) is 0 Å². The number of nitrogens with one attached hydrogen (secondary N) is 1. The zero-order valence-corrected chi connectivity index (χ0v) is 13.2. The molecule has 0 heterocycles. The number of anilines is 1. The van der Waals surface area contributed by atoms with Gasteiger partial charge in [0.25, 0.3) is 5.69 Å². The van der Waals surface area contributed by atoms with Gasteiger partial charge in [-0.05, 0) is 55.2 Å². The summed E-state index contributed by atoms with van der Waals surface area (Å²) in [6.45, 7) is 1.77. The van der Waals surface area contributed by atoms with Gasteiger partial charge in [-0.25, -0.2) is 0 Å². The molecule has 5 heteroatoms. The molecule has 3 rings (SSSR count). The second-order valence-corrected chi connectivity index (χ2v) is 6.25. The number of nitrogens with zero attached hydrogens (tertiary/aromatic N) is 1. The molecule has 2 aromatic rings. The van der Waals surface area contributed by atoms with Crippen molar-refractivity contribution in [2.45, 2.75) is 25.8 Å². The van der Waals surface area contributed by atoms with Crippen molar-refractivity contribution >= 4 is 27.3 Å². The summed E-state index contributed by atoms with van der Waals surface area (Å²) in [6, 6.07) is 11.8. The van der Waals surface area contributed by atoms with E-state index >= 15 is 0 Å². The molecule has 2 aromatic carbocycles. The van der Waals surface area contributed by atoms with Crippen LogP contribution in [0, 0.1) is 17.0 Å². The van der Waals surface area contributed by atoms with E-state index in [2.05, 4.69) is 39.4 Å². The van der Waals surface area contributed by atoms with E-state index in [1.165, 1.54) is 11.1 Å². The van der Waals surface area contributed by atoms with Crippen molar-refractivity contribution in [1.82, 2.24) is 0 Å². The number of nitro benzene ring substituents is 1. The summed E-state index contributed by atoms with van der Waals surface area (Å²) in [5.41, 5.74) is 4.45. The van der Waals surface area contributed by atoms with Gasteiger partial charge in [0, 0.05) is 21.8 Å². The fourth-order valence-electron chi connectivity index (χ4n) is 2.89. The summed E-state index contributed by atoms with van der Waals surface area (Å²) in [4.78, 5) is 10.5. The van der Waals surface area contributed by atoms with Crippen molar-refractivity contribution in [2.75, 3.05) is 5.32 Å². The Morgan fingerprint density at radius 3 is 2.81 bits per heavy atom. The molecule has 0 aromatic heterocycles. The van der Waals surface area contributed by atoms with Gasteiger partial charge in [0.1, 0.15) is 0 Å². The van der Waals surface area contributed by atoms with Crippen molar-refractivity contribution in [1.29, 1.82) is 0 Å². The first-order valence-corrected chi connectivity index (χ1v) is 7.64. The lowest BCUT2D eigenvalue weighted by atomic mass is 10.1. The summed E-state index contributed by atoms with van der Waals surface area (Å²) in [7, 11) is 0. The minimum Gasteiger partial charge on any atom is -0.378 e. The molecule has 0 amide bonds. The quantitative estimate of drug-likeness (QED) is 0.643. The average Bonchev–Trinajstić information content (AvgIpc) is 2.80. The first kappa shape index (κ1) is 14.1. The molecule has 0 aliphatic heterocycles. The first-order valence-electron chi connectivity index (χ1n) is 6.84. The van der Waals surface area contributed by atoms with Gasteiger partial charge < -0.3 is 5.32 Å². The average molecular weight is 347 g/mol. The molecule has 1 atom stereocenters. The van der Waals surface area contributed by atoms with E-state index in [-0.39, 0.29) is 16.7 Å². The van der Waals surface area contributed by atoms with Crippen molar-refractivity contribution in [3.63, 3.8) is 0 Å². The summed E-state index contributed by atoms with van der Waals surface area (Å²) in [5.74, 6) is 0. The molecule has 0 fully saturated rings. The third-order valence-electron chi connectivity index (χ3n) is 3.92. The molecular formula is C16H15BrN2O2. The third-order valence-corrected chi connectivity index (χ3v) is 4.41. The molecule has 0 saturated carbocycles. The molecule has 4 nitrogen and oxygen atoms in total. The van der Waals surface area contributed by atoms with Crippen LogP contribution in [0.5, 0.6) is 0 Å². The van der Waals surface area contributed by atoms with Crippen LogP contribution in [-0.4, -0.2) is 4.92 Å². The number of halogens is 1. The summed E-state index contributed by atoms with van der Waals surface area (Å²) in [5, 5.41) is 14.3. The van der Waals surface area contributed by atoms with Crippen molar-refractivity contribution in [3.05, 3.63) is 67.7 Å². The van der Waals surface area contributed by atoms with E-state index in [9.17, 15) is 10.1 Å². The fourth-order valence-corrected chi connectivity index (χ4v) is 3.30. The maximum Gasteiger partial charge on any atom is 0.272 e. The van der Waals surface area contributed by atoms with E-state index in [1.54, 1.807) is 19.1 Å². The number of nitro groups is 1. The Bertz CT molecular complexity index is 715. The van der Waals surface area contributed by atoms with Crippen LogP contribution >= 0.6 is 15.9 Å². The van der Waals surface area contributed by atoms with Crippen molar-refractivity contribution < 1.29 is 4.92 Å². The highest BCUT2D eigenvalue weighted by Gasteiger charge is 2.22. The molecule has 1 aliphatic rings. The lowest BCUT2D eigenvalue weighted by Crippen LogP contribution is -2.07. The standard InChI is InChI=1S/C16H15BrN2O2/c1-10-8-13(4-7-16(10)19(20)21)18-15-6-2-11-9-12(17)3-5-14(11)15/h3-5,7-9,15,18H,2,6H2,1H3. The van der Waals surface area contributed by atoms with Crippen LogP contribution in [-0.2, 0) is 6.42 Å². The Hall–Kier alpha value is -1.88. The van der Waals surface area contributed by atoms with Gasteiger partial charge in [-0.3, -0.25) is 10.1 Å². The number of hydrogen-bond acceptors (Lipinski definition) is 3. The number of aryl methyl sites for hydroxylation is 2. The van der Waals surface area contributed by atoms with Gasteiger partial charge in [-0.15, -0.1) is 0 Å². The highest BCUT2D eigenvalue weighted by molar-refractivity contribution is 9.10. The van der Waals surface area contributed by atoms with Gasteiger partial charge >= 0.3 is 0 Å². The maximum absolute atomic E-state index is 10.9. The molecule has 1 aliphatic carbocycles. The smallest absolute Gasteiger partial charge is 0.272 e. The highest BCUT2D eigenvalue weighted by atomic mass is 79.9. The molecule has 1 N–H and O–H groups in total. The van der Waals surface area contributed by atoms with E-state index in [0.717, 1.165) is 23.0 Å². The van der Waals surface area contributed by atoms with E-state index in [1.807, 2.05) is 6.07 Å². The molecule has 0 radical (unpaired) electrons. The van der Waals surface area contributed by atoms with Crippen LogP contribution in [0.25, 0.3) is 0 Å². The molecule has 108 valence electrons. The van der Waals surface area contributed by atoms with Crippen LogP contribution in [0.2, 0.25) is 0 Å². The normalized spacial score (nSPS) is 16.6. The second-order valence-electron chi connectivity index (χ2n) is 5.34. The van der Waals surface area contributed by atoms with Gasteiger partial charge in [-0.1, -0.05) is 22.0 Å². The van der Waals surface area contributed by atoms with Gasteiger partial charge in [0.05, 0.1) is 11.0 Å². The topological polar surface area (TPSA) is 55.2 Å². The Labute approximate surface area is 131 Å². The predicted molar refractivity (Wildman–Crippen MR) is 86.7 cm³/mol. The largest absolute Gasteiger partial charge is 0.378 e. The van der Waals surface area contributed by atoms with Crippen molar-refractivity contribution in [2.24, 2.45) is 0 Å². The third kappa shape index (κ3) is 2.78. The van der Waals surface area contributed by atoms with Crippen LogP contribution in [0.1, 0.15) is 29.2 Å². The molecular weight excluding hydrogens is 332 g/mol.